The van der Waals surface area contributed by atoms with E-state index in [0.29, 0.717) is 25.2 Å². The Hall–Kier alpha value is -2.37. The van der Waals surface area contributed by atoms with E-state index in [2.05, 4.69) is 48.8 Å². The molecule has 0 bridgehead atoms. The molecule has 0 aromatic heterocycles. The fourth-order valence-electron chi connectivity index (χ4n) is 4.96. The Labute approximate surface area is 193 Å². The first kappa shape index (κ1) is 24.3. The molecule has 1 saturated heterocycles. The first-order chi connectivity index (χ1) is 15.4. The molecule has 1 heterocycles. The number of benzene rings is 2. The van der Waals surface area contributed by atoms with Crippen molar-refractivity contribution in [2.24, 2.45) is 0 Å². The third-order valence-corrected chi connectivity index (χ3v) is 6.72. The van der Waals surface area contributed by atoms with Gasteiger partial charge in [0.05, 0.1) is 6.04 Å². The Morgan fingerprint density at radius 2 is 1.69 bits per heavy atom. The van der Waals surface area contributed by atoms with Gasteiger partial charge in [-0.25, -0.2) is 0 Å². The summed E-state index contributed by atoms with van der Waals surface area (Å²) in [7, 11) is 0. The van der Waals surface area contributed by atoms with Crippen molar-refractivity contribution in [2.75, 3.05) is 32.7 Å². The summed E-state index contributed by atoms with van der Waals surface area (Å²) in [6.45, 7) is 15.4. The molecule has 3 atom stereocenters. The summed E-state index contributed by atoms with van der Waals surface area (Å²) < 4.78 is 0. The van der Waals surface area contributed by atoms with Crippen LogP contribution in [-0.4, -0.2) is 70.5 Å². The summed E-state index contributed by atoms with van der Waals surface area (Å²) >= 11 is 0. The molecule has 1 N–H and O–H groups in total. The van der Waals surface area contributed by atoms with Gasteiger partial charge in [-0.15, -0.1) is 0 Å². The zero-order valence-corrected chi connectivity index (χ0v) is 20.3. The summed E-state index contributed by atoms with van der Waals surface area (Å²) in [4.78, 5) is 19.7. The minimum absolute atomic E-state index is 0.0286. The fourth-order valence-corrected chi connectivity index (χ4v) is 4.96. The zero-order chi connectivity index (χ0) is 23.3. The lowest BCUT2D eigenvalue weighted by molar-refractivity contribution is 0.0241. The van der Waals surface area contributed by atoms with Crippen LogP contribution in [0.2, 0.25) is 0 Å². The number of hydrogen-bond donors (Lipinski definition) is 1. The van der Waals surface area contributed by atoms with Crippen LogP contribution in [0.1, 0.15) is 68.6 Å². The van der Waals surface area contributed by atoms with Crippen LogP contribution in [0.25, 0.3) is 0 Å². The third-order valence-electron chi connectivity index (χ3n) is 6.72. The van der Waals surface area contributed by atoms with Crippen molar-refractivity contribution in [3.05, 3.63) is 65.2 Å². The standard InChI is InChI=1S/C27H39N3O2/c1-6-16-29-18-21(5)30(19-20(29)4)26(24-10-9-11-25(31)17-24)22-12-14-23(15-13-22)27(32)28(7-2)8-3/h9-15,17,20-21,26,31H,6-8,16,18-19H2,1-5H3/t20-,21+,26-/m1/s1. The van der Waals surface area contributed by atoms with Crippen LogP contribution in [0.4, 0.5) is 0 Å². The molecule has 0 aliphatic carbocycles. The highest BCUT2D eigenvalue weighted by molar-refractivity contribution is 5.94. The van der Waals surface area contributed by atoms with Gasteiger partial charge < -0.3 is 10.0 Å². The maximum Gasteiger partial charge on any atom is 0.253 e. The predicted octanol–water partition coefficient (Wildman–Crippen LogP) is 4.77. The number of nitrogens with zero attached hydrogens (tertiary/aromatic N) is 3. The Balaban J connectivity index is 1.95. The van der Waals surface area contributed by atoms with Gasteiger partial charge in [-0.1, -0.05) is 31.2 Å². The fraction of sp³-hybridized carbons (Fsp3) is 0.519. The number of phenolic OH excluding ortho intramolecular Hbond substituents is 1. The average Bonchev–Trinajstić information content (AvgIpc) is 2.78. The molecule has 1 aliphatic heterocycles. The summed E-state index contributed by atoms with van der Waals surface area (Å²) in [5.41, 5.74) is 2.95. The van der Waals surface area contributed by atoms with E-state index in [0.717, 1.165) is 42.7 Å². The molecule has 1 aliphatic rings. The van der Waals surface area contributed by atoms with Crippen LogP contribution in [-0.2, 0) is 0 Å². The Kier molecular flexibility index (Phi) is 8.32. The van der Waals surface area contributed by atoms with Crippen molar-refractivity contribution in [1.82, 2.24) is 14.7 Å². The molecule has 2 aromatic carbocycles. The highest BCUT2D eigenvalue weighted by Crippen LogP contribution is 2.34. The van der Waals surface area contributed by atoms with E-state index in [1.54, 1.807) is 6.07 Å². The monoisotopic (exact) mass is 437 g/mol. The molecule has 174 valence electrons. The van der Waals surface area contributed by atoms with Crippen molar-refractivity contribution < 1.29 is 9.90 Å². The van der Waals surface area contributed by atoms with Crippen LogP contribution in [0.5, 0.6) is 5.75 Å². The molecule has 3 rings (SSSR count). The van der Waals surface area contributed by atoms with Crippen molar-refractivity contribution in [3.8, 4) is 5.75 Å². The lowest BCUT2D eigenvalue weighted by Gasteiger charge is -2.47. The number of piperazine rings is 1. The summed E-state index contributed by atoms with van der Waals surface area (Å²) in [6, 6.07) is 16.5. The minimum Gasteiger partial charge on any atom is -0.508 e. The van der Waals surface area contributed by atoms with Gasteiger partial charge in [0.2, 0.25) is 0 Å². The van der Waals surface area contributed by atoms with Crippen molar-refractivity contribution in [3.63, 3.8) is 0 Å². The summed E-state index contributed by atoms with van der Waals surface area (Å²) in [5, 5.41) is 10.2. The predicted molar refractivity (Wildman–Crippen MR) is 131 cm³/mol. The third kappa shape index (κ3) is 5.33. The highest BCUT2D eigenvalue weighted by atomic mass is 16.3. The Morgan fingerprint density at radius 3 is 2.28 bits per heavy atom. The second kappa shape index (κ2) is 11.0. The molecule has 5 nitrogen and oxygen atoms in total. The minimum atomic E-state index is 0.0286. The quantitative estimate of drug-likeness (QED) is 0.646. The lowest BCUT2D eigenvalue weighted by atomic mass is 9.92. The van der Waals surface area contributed by atoms with Gasteiger partial charge >= 0.3 is 0 Å². The Morgan fingerprint density at radius 1 is 1.00 bits per heavy atom. The maximum atomic E-state index is 12.8. The van der Waals surface area contributed by atoms with Gasteiger partial charge in [0.1, 0.15) is 5.75 Å². The molecule has 5 heteroatoms. The molecule has 1 fully saturated rings. The van der Waals surface area contributed by atoms with Crippen molar-refractivity contribution in [1.29, 1.82) is 0 Å². The first-order valence-corrected chi connectivity index (χ1v) is 12.1. The molecule has 32 heavy (non-hydrogen) atoms. The smallest absolute Gasteiger partial charge is 0.253 e. The second-order valence-electron chi connectivity index (χ2n) is 8.99. The number of rotatable bonds is 8. The largest absolute Gasteiger partial charge is 0.508 e. The maximum absolute atomic E-state index is 12.8. The van der Waals surface area contributed by atoms with Crippen LogP contribution < -0.4 is 0 Å². The first-order valence-electron chi connectivity index (χ1n) is 12.1. The van der Waals surface area contributed by atoms with Crippen LogP contribution >= 0.6 is 0 Å². The molecule has 0 saturated carbocycles. The highest BCUT2D eigenvalue weighted by Gasteiger charge is 2.34. The number of aromatic hydroxyl groups is 1. The van der Waals surface area contributed by atoms with E-state index in [1.165, 1.54) is 0 Å². The van der Waals surface area contributed by atoms with E-state index in [4.69, 9.17) is 0 Å². The van der Waals surface area contributed by atoms with Crippen LogP contribution in [0.15, 0.2) is 48.5 Å². The number of amides is 1. The Bertz CT molecular complexity index is 879. The average molecular weight is 438 g/mol. The summed E-state index contributed by atoms with van der Waals surface area (Å²) in [5.74, 6) is 0.358. The van der Waals surface area contributed by atoms with Crippen molar-refractivity contribution in [2.45, 2.75) is 59.2 Å². The number of carbonyl (C=O) groups excluding carboxylic acids is 1. The molecular formula is C27H39N3O2. The second-order valence-corrected chi connectivity index (χ2v) is 8.99. The lowest BCUT2D eigenvalue weighted by Crippen LogP contribution is -2.57. The van der Waals surface area contributed by atoms with E-state index < -0.39 is 0 Å². The zero-order valence-electron chi connectivity index (χ0n) is 20.3. The molecule has 1 amide bonds. The van der Waals surface area contributed by atoms with Crippen LogP contribution in [0, 0.1) is 0 Å². The van der Waals surface area contributed by atoms with Crippen molar-refractivity contribution >= 4 is 5.91 Å². The molecule has 0 radical (unpaired) electrons. The van der Waals surface area contributed by atoms with Gasteiger partial charge in [0.25, 0.3) is 5.91 Å². The van der Waals surface area contributed by atoms with E-state index in [1.807, 2.05) is 43.0 Å². The molecule has 2 aromatic rings. The van der Waals surface area contributed by atoms with Crippen LogP contribution in [0.3, 0.4) is 0 Å². The van der Waals surface area contributed by atoms with E-state index in [-0.39, 0.29) is 17.7 Å². The number of carbonyl (C=O) groups is 1. The van der Waals surface area contributed by atoms with Gasteiger partial charge in [-0.3, -0.25) is 14.6 Å². The number of phenols is 1. The van der Waals surface area contributed by atoms with Gasteiger partial charge in [-0.2, -0.15) is 0 Å². The van der Waals surface area contributed by atoms with E-state index >= 15 is 0 Å². The molecular weight excluding hydrogens is 398 g/mol. The van der Waals surface area contributed by atoms with Gasteiger partial charge in [0.15, 0.2) is 0 Å². The van der Waals surface area contributed by atoms with E-state index in [9.17, 15) is 9.90 Å². The molecule has 0 spiro atoms. The van der Waals surface area contributed by atoms with Gasteiger partial charge in [-0.05, 0) is 76.1 Å². The normalized spacial score (nSPS) is 20.8. The SMILES string of the molecule is CCCN1C[C@H](C)N([C@H](c2ccc(C(=O)N(CC)CC)cc2)c2cccc(O)c2)C[C@H]1C. The number of hydrogen-bond acceptors (Lipinski definition) is 4. The molecule has 0 unspecified atom stereocenters. The topological polar surface area (TPSA) is 47.0 Å². The summed E-state index contributed by atoms with van der Waals surface area (Å²) in [6.07, 6.45) is 1.16. The van der Waals surface area contributed by atoms with Gasteiger partial charge in [0, 0.05) is 43.8 Å².